The number of nitrogens with one attached hydrogen (secondary N) is 2. The predicted octanol–water partition coefficient (Wildman–Crippen LogP) is 2.05. The van der Waals surface area contributed by atoms with Crippen LogP contribution < -0.4 is 10.2 Å². The monoisotopic (exact) mass is 279 g/mol. The molecule has 19 heavy (non-hydrogen) atoms. The van der Waals surface area contributed by atoms with Crippen molar-refractivity contribution in [3.63, 3.8) is 0 Å². The lowest BCUT2D eigenvalue weighted by Gasteiger charge is -2.37. The largest absolute Gasteiger partial charge is 0.354 e. The molecular weight excluding hydrogens is 262 g/mol. The van der Waals surface area contributed by atoms with E-state index in [0.717, 1.165) is 29.9 Å². The molecule has 1 saturated heterocycles. The Morgan fingerprint density at radius 3 is 3.05 bits per heavy atom. The van der Waals surface area contributed by atoms with E-state index in [2.05, 4.69) is 39.1 Å². The van der Waals surface area contributed by atoms with Crippen molar-refractivity contribution in [1.29, 1.82) is 0 Å². The molecule has 1 aliphatic rings. The van der Waals surface area contributed by atoms with Gasteiger partial charge < -0.3 is 15.2 Å². The van der Waals surface area contributed by atoms with Crippen molar-refractivity contribution >= 4 is 28.5 Å². The summed E-state index contributed by atoms with van der Waals surface area (Å²) in [6.07, 6.45) is 3.06. The lowest BCUT2D eigenvalue weighted by molar-refractivity contribution is 0.338. The molecule has 0 saturated carbocycles. The molecule has 0 spiro atoms. The molecule has 0 unspecified atom stereocenters. The first-order valence-corrected chi connectivity index (χ1v) is 6.99. The average molecular weight is 280 g/mol. The highest BCUT2D eigenvalue weighted by Crippen LogP contribution is 2.28. The molecule has 102 valence electrons. The maximum Gasteiger partial charge on any atom is 0.226 e. The molecule has 2 N–H and O–H groups in total. The number of halogens is 1. The lowest BCUT2D eigenvalue weighted by atomic mass is 9.93. The second-order valence-electron chi connectivity index (χ2n) is 5.20. The summed E-state index contributed by atoms with van der Waals surface area (Å²) in [6, 6.07) is 2.43. The van der Waals surface area contributed by atoms with Gasteiger partial charge in [-0.15, -0.1) is 0 Å². The number of piperidine rings is 1. The van der Waals surface area contributed by atoms with Crippen LogP contribution in [0.5, 0.6) is 0 Å². The van der Waals surface area contributed by atoms with Crippen molar-refractivity contribution in [3.05, 3.63) is 17.5 Å². The first-order chi connectivity index (χ1) is 9.16. The van der Waals surface area contributed by atoms with E-state index < -0.39 is 0 Å². The molecule has 1 aliphatic heterocycles. The Hall–Kier alpha value is -1.33. The van der Waals surface area contributed by atoms with Gasteiger partial charge in [0.1, 0.15) is 11.5 Å². The highest BCUT2D eigenvalue weighted by Gasteiger charge is 2.27. The molecule has 2 atom stereocenters. The number of nitrogens with zero attached hydrogens (tertiary/aromatic N) is 3. The Labute approximate surface area is 117 Å². The molecule has 2 aromatic heterocycles. The Balaban J connectivity index is 2.00. The van der Waals surface area contributed by atoms with Crippen LogP contribution in [-0.2, 0) is 0 Å². The number of fused-ring (bicyclic) bond motifs is 1. The fourth-order valence-electron chi connectivity index (χ4n) is 2.82. The summed E-state index contributed by atoms with van der Waals surface area (Å²) >= 11 is 6.02. The molecule has 0 aliphatic carbocycles. The summed E-state index contributed by atoms with van der Waals surface area (Å²) in [7, 11) is 2.08. The van der Waals surface area contributed by atoms with Crippen LogP contribution in [-0.4, -0.2) is 41.1 Å². The van der Waals surface area contributed by atoms with Crippen LogP contribution >= 0.6 is 11.6 Å². The fraction of sp³-hybridized carbons (Fsp3) is 0.538. The summed E-state index contributed by atoms with van der Waals surface area (Å²) in [5, 5.41) is 4.75. The van der Waals surface area contributed by atoms with Gasteiger partial charge in [0.05, 0.1) is 5.39 Å². The van der Waals surface area contributed by atoms with Gasteiger partial charge in [-0.05, 0) is 36.6 Å². The maximum atomic E-state index is 6.02. The van der Waals surface area contributed by atoms with E-state index in [-0.39, 0.29) is 5.28 Å². The zero-order valence-electron chi connectivity index (χ0n) is 11.2. The van der Waals surface area contributed by atoms with E-state index in [9.17, 15) is 0 Å². The third-order valence-corrected chi connectivity index (χ3v) is 4.16. The number of likely N-dealkylation sites (N-methyl/N-ethyl adjacent to an activating group) is 1. The Morgan fingerprint density at radius 2 is 2.26 bits per heavy atom. The molecule has 6 heteroatoms. The first kappa shape index (κ1) is 12.7. The second-order valence-corrected chi connectivity index (χ2v) is 5.54. The topological polar surface area (TPSA) is 56.8 Å². The minimum atomic E-state index is 0.285. The van der Waals surface area contributed by atoms with E-state index in [4.69, 9.17) is 11.6 Å². The van der Waals surface area contributed by atoms with Crippen LogP contribution in [0.4, 0.5) is 5.82 Å². The highest BCUT2D eigenvalue weighted by atomic mass is 35.5. The fourth-order valence-corrected chi connectivity index (χ4v) is 2.98. The van der Waals surface area contributed by atoms with Gasteiger partial charge in [-0.3, -0.25) is 0 Å². The van der Waals surface area contributed by atoms with Gasteiger partial charge in [-0.1, -0.05) is 6.92 Å². The molecule has 3 rings (SSSR count). The van der Waals surface area contributed by atoms with Gasteiger partial charge >= 0.3 is 0 Å². The zero-order valence-corrected chi connectivity index (χ0v) is 11.9. The van der Waals surface area contributed by atoms with Crippen molar-refractivity contribution in [3.8, 4) is 0 Å². The highest BCUT2D eigenvalue weighted by molar-refractivity contribution is 6.28. The van der Waals surface area contributed by atoms with Crippen LogP contribution in [0, 0.1) is 5.92 Å². The van der Waals surface area contributed by atoms with Crippen molar-refractivity contribution in [2.75, 3.05) is 25.0 Å². The van der Waals surface area contributed by atoms with E-state index in [1.165, 1.54) is 6.42 Å². The van der Waals surface area contributed by atoms with Gasteiger partial charge in [-0.2, -0.15) is 9.97 Å². The van der Waals surface area contributed by atoms with Crippen LogP contribution in [0.3, 0.4) is 0 Å². The Bertz CT molecular complexity index is 581. The van der Waals surface area contributed by atoms with Crippen LogP contribution in [0.2, 0.25) is 5.28 Å². The van der Waals surface area contributed by atoms with Gasteiger partial charge in [0.2, 0.25) is 5.28 Å². The van der Waals surface area contributed by atoms with E-state index in [0.29, 0.717) is 12.0 Å². The van der Waals surface area contributed by atoms with Gasteiger partial charge in [0.25, 0.3) is 0 Å². The van der Waals surface area contributed by atoms with E-state index in [1.54, 1.807) is 0 Å². The standard InChI is InChI=1S/C13H18ClN5/c1-8-3-5-15-7-10(8)19(2)12-9-4-6-16-11(9)17-13(14)18-12/h4,6,8,10,15H,3,5,7H2,1-2H3,(H,16,17,18)/t8-,10+/m1/s1. The molecule has 3 heterocycles. The van der Waals surface area contributed by atoms with Gasteiger partial charge in [0, 0.05) is 25.8 Å². The third-order valence-electron chi connectivity index (χ3n) is 3.99. The number of hydrogen-bond donors (Lipinski definition) is 2. The molecule has 0 bridgehead atoms. The van der Waals surface area contributed by atoms with Crippen LogP contribution in [0.1, 0.15) is 13.3 Å². The molecule has 5 nitrogen and oxygen atoms in total. The number of aromatic amines is 1. The Morgan fingerprint density at radius 1 is 1.42 bits per heavy atom. The summed E-state index contributed by atoms with van der Waals surface area (Å²) in [6.45, 7) is 4.36. The molecule has 2 aromatic rings. The quantitative estimate of drug-likeness (QED) is 0.826. The number of H-pyrrole nitrogens is 1. The molecule has 1 fully saturated rings. The van der Waals surface area contributed by atoms with E-state index >= 15 is 0 Å². The second kappa shape index (κ2) is 4.98. The normalized spacial score (nSPS) is 23.7. The lowest BCUT2D eigenvalue weighted by Crippen LogP contribution is -2.49. The summed E-state index contributed by atoms with van der Waals surface area (Å²) in [5.74, 6) is 1.53. The number of aromatic nitrogens is 3. The summed E-state index contributed by atoms with van der Waals surface area (Å²) < 4.78 is 0. The number of rotatable bonds is 2. The summed E-state index contributed by atoms with van der Waals surface area (Å²) in [4.78, 5) is 13.9. The summed E-state index contributed by atoms with van der Waals surface area (Å²) in [5.41, 5.74) is 0.790. The minimum absolute atomic E-state index is 0.285. The minimum Gasteiger partial charge on any atom is -0.354 e. The van der Waals surface area contributed by atoms with Crippen LogP contribution in [0.25, 0.3) is 11.0 Å². The maximum absolute atomic E-state index is 6.02. The predicted molar refractivity (Wildman–Crippen MR) is 77.7 cm³/mol. The molecule has 0 aromatic carbocycles. The third kappa shape index (κ3) is 2.28. The smallest absolute Gasteiger partial charge is 0.226 e. The van der Waals surface area contributed by atoms with Crippen molar-refractivity contribution in [1.82, 2.24) is 20.3 Å². The van der Waals surface area contributed by atoms with Crippen LogP contribution in [0.15, 0.2) is 12.3 Å². The number of anilines is 1. The van der Waals surface area contributed by atoms with Gasteiger partial charge in [0.15, 0.2) is 0 Å². The first-order valence-electron chi connectivity index (χ1n) is 6.61. The molecular formula is C13H18ClN5. The molecule has 0 amide bonds. The van der Waals surface area contributed by atoms with Crippen molar-refractivity contribution in [2.45, 2.75) is 19.4 Å². The average Bonchev–Trinajstić information content (AvgIpc) is 2.85. The Kier molecular flexibility index (Phi) is 3.33. The van der Waals surface area contributed by atoms with Gasteiger partial charge in [-0.25, -0.2) is 0 Å². The van der Waals surface area contributed by atoms with Crippen molar-refractivity contribution < 1.29 is 0 Å². The SMILES string of the molecule is C[C@@H]1CCNC[C@@H]1N(C)c1nc(Cl)nc2[nH]ccc12. The van der Waals surface area contributed by atoms with E-state index in [1.807, 2.05) is 12.3 Å². The molecule has 0 radical (unpaired) electrons. The zero-order chi connectivity index (χ0) is 13.4. The van der Waals surface area contributed by atoms with Crippen molar-refractivity contribution in [2.24, 2.45) is 5.92 Å². The number of hydrogen-bond acceptors (Lipinski definition) is 4.